The Balaban J connectivity index is 1.17. The van der Waals surface area contributed by atoms with Crippen LogP contribution in [0.2, 0.25) is 0 Å². The highest BCUT2D eigenvalue weighted by molar-refractivity contribution is 5.81. The van der Waals surface area contributed by atoms with Crippen LogP contribution < -0.4 is 0 Å². The maximum Gasteiger partial charge on any atom is 0.430 e. The molecule has 1 aliphatic heterocycles. The van der Waals surface area contributed by atoms with Crippen LogP contribution in [0.15, 0.2) is 85.1 Å². The van der Waals surface area contributed by atoms with E-state index in [1.807, 2.05) is 36.5 Å². The molecular weight excluding hydrogens is 532 g/mol. The average molecular weight is 560 g/mol. The Labute approximate surface area is 227 Å². The Morgan fingerprint density at radius 1 is 0.650 bits per heavy atom. The van der Waals surface area contributed by atoms with Gasteiger partial charge in [-0.15, -0.1) is 0 Å². The number of halogens is 6. The molecule has 1 aliphatic rings. The molecule has 0 aliphatic carbocycles. The van der Waals surface area contributed by atoms with E-state index in [9.17, 15) is 31.4 Å². The zero-order chi connectivity index (χ0) is 28.5. The predicted octanol–water partition coefficient (Wildman–Crippen LogP) is 6.53. The Morgan fingerprint density at radius 3 is 1.70 bits per heavy atom. The van der Waals surface area contributed by atoms with E-state index in [0.717, 1.165) is 68.0 Å². The number of rotatable bonds is 6. The van der Waals surface area contributed by atoms with E-state index >= 15 is 0 Å². The van der Waals surface area contributed by atoms with Gasteiger partial charge in [0.2, 0.25) is 0 Å². The fourth-order valence-corrected chi connectivity index (χ4v) is 5.00. The van der Waals surface area contributed by atoms with Crippen LogP contribution >= 0.6 is 0 Å². The number of alkyl halides is 6. The van der Waals surface area contributed by atoms with Crippen molar-refractivity contribution in [3.63, 3.8) is 0 Å². The van der Waals surface area contributed by atoms with Crippen molar-refractivity contribution in [2.45, 2.75) is 31.0 Å². The van der Waals surface area contributed by atoms with E-state index in [4.69, 9.17) is 0 Å². The summed E-state index contributed by atoms with van der Waals surface area (Å²) in [6.07, 6.45) is -9.91. The summed E-state index contributed by atoms with van der Waals surface area (Å²) in [6, 6.07) is 21.3. The van der Waals surface area contributed by atoms with Crippen molar-refractivity contribution in [2.75, 3.05) is 26.2 Å². The number of aromatic nitrogens is 1. The lowest BCUT2D eigenvalue weighted by atomic mass is 9.90. The molecule has 0 atom stereocenters. The van der Waals surface area contributed by atoms with Crippen LogP contribution in [0.4, 0.5) is 26.3 Å². The van der Waals surface area contributed by atoms with Gasteiger partial charge in [-0.25, -0.2) is 0 Å². The number of hydrogen-bond donors (Lipinski definition) is 1. The van der Waals surface area contributed by atoms with Gasteiger partial charge in [0.05, 0.1) is 5.69 Å². The number of piperazine rings is 1. The predicted molar refractivity (Wildman–Crippen MR) is 140 cm³/mol. The summed E-state index contributed by atoms with van der Waals surface area (Å²) in [5.41, 5.74) is -3.03. The molecule has 0 amide bonds. The summed E-state index contributed by atoms with van der Waals surface area (Å²) in [6.45, 7) is 5.10. The first kappa shape index (κ1) is 28.1. The molecule has 0 bridgehead atoms. The zero-order valence-corrected chi connectivity index (χ0v) is 21.4. The van der Waals surface area contributed by atoms with Crippen LogP contribution in [0.1, 0.15) is 16.8 Å². The van der Waals surface area contributed by atoms with Crippen LogP contribution in [0.5, 0.6) is 0 Å². The largest absolute Gasteiger partial charge is 0.430 e. The molecule has 210 valence electrons. The zero-order valence-electron chi connectivity index (χ0n) is 21.4. The minimum Gasteiger partial charge on any atom is -0.369 e. The Bertz CT molecular complexity index is 1430. The molecule has 1 fully saturated rings. The van der Waals surface area contributed by atoms with Crippen LogP contribution in [-0.4, -0.2) is 58.4 Å². The lowest BCUT2D eigenvalue weighted by molar-refractivity contribution is -0.376. The molecule has 1 saturated heterocycles. The highest BCUT2D eigenvalue weighted by Crippen LogP contribution is 2.50. The van der Waals surface area contributed by atoms with Crippen LogP contribution in [0.25, 0.3) is 21.9 Å². The number of fused-ring (bicyclic) bond motifs is 1. The van der Waals surface area contributed by atoms with Crippen LogP contribution in [0.3, 0.4) is 0 Å². The average Bonchev–Trinajstić information content (AvgIpc) is 2.93. The van der Waals surface area contributed by atoms with Crippen LogP contribution in [0, 0.1) is 0 Å². The first-order valence-corrected chi connectivity index (χ1v) is 12.8. The SMILES string of the molecule is OC(c1ccc(-c2ccc(CN3CCN(Cc4cc5ccccc5cn4)CC3)cc2)cc1)(C(F)(F)F)C(F)(F)F. The van der Waals surface area contributed by atoms with Gasteiger partial charge in [0, 0.05) is 56.4 Å². The van der Waals surface area contributed by atoms with Crippen molar-refractivity contribution in [3.05, 3.63) is 102 Å². The van der Waals surface area contributed by atoms with Gasteiger partial charge in [-0.05, 0) is 28.1 Å². The Hall–Kier alpha value is -3.47. The normalized spacial score (nSPS) is 16.0. The molecule has 0 radical (unpaired) electrons. The summed E-state index contributed by atoms with van der Waals surface area (Å²) in [4.78, 5) is 9.30. The number of nitrogens with zero attached hydrogens (tertiary/aromatic N) is 3. The van der Waals surface area contributed by atoms with Gasteiger partial charge in [0.25, 0.3) is 5.60 Å². The Morgan fingerprint density at radius 2 is 1.15 bits per heavy atom. The second kappa shape index (κ2) is 10.8. The smallest absolute Gasteiger partial charge is 0.369 e. The molecule has 3 aromatic carbocycles. The summed E-state index contributed by atoms with van der Waals surface area (Å²) < 4.78 is 78.8. The minimum absolute atomic E-state index is 0.443. The monoisotopic (exact) mass is 559 g/mol. The molecule has 40 heavy (non-hydrogen) atoms. The highest BCUT2D eigenvalue weighted by Gasteiger charge is 2.71. The molecule has 0 spiro atoms. The molecule has 1 N–H and O–H groups in total. The van der Waals surface area contributed by atoms with E-state index in [2.05, 4.69) is 26.9 Å². The molecule has 4 nitrogen and oxygen atoms in total. The summed E-state index contributed by atoms with van der Waals surface area (Å²) in [5, 5.41) is 11.9. The van der Waals surface area contributed by atoms with Crippen molar-refractivity contribution < 1.29 is 31.4 Å². The molecule has 2 heterocycles. The maximum absolute atomic E-state index is 13.1. The first-order chi connectivity index (χ1) is 18.9. The molecule has 5 rings (SSSR count). The van der Waals surface area contributed by atoms with E-state index in [-0.39, 0.29) is 0 Å². The van der Waals surface area contributed by atoms with Crippen molar-refractivity contribution in [3.8, 4) is 11.1 Å². The van der Waals surface area contributed by atoms with Gasteiger partial charge in [0.1, 0.15) is 0 Å². The third-order valence-electron chi connectivity index (χ3n) is 7.35. The van der Waals surface area contributed by atoms with Crippen molar-refractivity contribution >= 4 is 10.8 Å². The lowest BCUT2D eigenvalue weighted by Gasteiger charge is -2.34. The van der Waals surface area contributed by atoms with Gasteiger partial charge >= 0.3 is 12.4 Å². The van der Waals surface area contributed by atoms with Crippen molar-refractivity contribution in [2.24, 2.45) is 0 Å². The maximum atomic E-state index is 13.1. The highest BCUT2D eigenvalue weighted by atomic mass is 19.4. The number of pyridine rings is 1. The summed E-state index contributed by atoms with van der Waals surface area (Å²) in [7, 11) is 0. The fraction of sp³-hybridized carbons (Fsp3) is 0.300. The fourth-order valence-electron chi connectivity index (χ4n) is 5.00. The molecule has 4 aromatic rings. The van der Waals surface area contributed by atoms with Gasteiger partial charge in [-0.3, -0.25) is 14.8 Å². The van der Waals surface area contributed by atoms with Gasteiger partial charge in [-0.1, -0.05) is 72.8 Å². The Kier molecular flexibility index (Phi) is 7.60. The topological polar surface area (TPSA) is 39.6 Å². The quantitative estimate of drug-likeness (QED) is 0.273. The number of aliphatic hydroxyl groups is 1. The summed E-state index contributed by atoms with van der Waals surface area (Å²) in [5.74, 6) is 0. The molecule has 0 saturated carbocycles. The number of benzene rings is 3. The lowest BCUT2D eigenvalue weighted by Crippen LogP contribution is -2.53. The minimum atomic E-state index is -5.91. The third-order valence-corrected chi connectivity index (χ3v) is 7.35. The second-order valence-corrected chi connectivity index (χ2v) is 10.1. The standard InChI is InChI=1S/C30H27F6N3O/c31-29(32,33)28(40,30(34,35)36)26-11-9-23(10-12-26)22-7-5-21(6-8-22)19-38-13-15-39(16-14-38)20-27-17-24-3-1-2-4-25(24)18-37-27/h1-12,17-18,40H,13-16,19-20H2. The van der Waals surface area contributed by atoms with Gasteiger partial charge in [0.15, 0.2) is 0 Å². The van der Waals surface area contributed by atoms with E-state index in [1.165, 1.54) is 5.39 Å². The number of hydrogen-bond acceptors (Lipinski definition) is 4. The van der Waals surface area contributed by atoms with Crippen molar-refractivity contribution in [1.82, 2.24) is 14.8 Å². The molecular formula is C30H27F6N3O. The van der Waals surface area contributed by atoms with Crippen LogP contribution in [-0.2, 0) is 18.7 Å². The molecule has 10 heteroatoms. The van der Waals surface area contributed by atoms with E-state index in [1.54, 1.807) is 12.1 Å². The van der Waals surface area contributed by atoms with Gasteiger partial charge in [-0.2, -0.15) is 26.3 Å². The van der Waals surface area contributed by atoms with E-state index in [0.29, 0.717) is 23.3 Å². The van der Waals surface area contributed by atoms with E-state index < -0.39 is 23.5 Å². The molecule has 1 aromatic heterocycles. The molecule has 0 unspecified atom stereocenters. The third kappa shape index (κ3) is 5.70. The second-order valence-electron chi connectivity index (χ2n) is 10.1. The first-order valence-electron chi connectivity index (χ1n) is 12.8. The van der Waals surface area contributed by atoms with Gasteiger partial charge < -0.3 is 5.11 Å². The summed E-state index contributed by atoms with van der Waals surface area (Å²) >= 11 is 0. The van der Waals surface area contributed by atoms with Crippen molar-refractivity contribution in [1.29, 1.82) is 0 Å².